The van der Waals surface area contributed by atoms with Crippen molar-refractivity contribution in [2.75, 3.05) is 38.2 Å². The number of piperazine rings is 1. The van der Waals surface area contributed by atoms with Crippen LogP contribution in [0.5, 0.6) is 5.75 Å². The Hall–Kier alpha value is -1.36. The van der Waals surface area contributed by atoms with E-state index in [4.69, 9.17) is 4.74 Å². The van der Waals surface area contributed by atoms with Crippen molar-refractivity contribution in [1.29, 1.82) is 0 Å². The van der Waals surface area contributed by atoms with Crippen LogP contribution in [-0.4, -0.2) is 43.3 Å². The molecular weight excluding hydrogens is 192 g/mol. The molecule has 1 aliphatic heterocycles. The van der Waals surface area contributed by atoms with Crippen LogP contribution in [0.3, 0.4) is 0 Å². The van der Waals surface area contributed by atoms with Crippen LogP contribution in [0.25, 0.3) is 0 Å². The van der Waals surface area contributed by atoms with E-state index < -0.39 is 0 Å². The molecule has 2 heterocycles. The summed E-state index contributed by atoms with van der Waals surface area (Å²) in [6, 6.07) is 0. The van der Waals surface area contributed by atoms with Gasteiger partial charge in [0.05, 0.1) is 12.8 Å². The Labute approximate surface area is 89.5 Å². The van der Waals surface area contributed by atoms with Crippen molar-refractivity contribution in [1.82, 2.24) is 15.3 Å². The third-order valence-corrected chi connectivity index (χ3v) is 2.58. The van der Waals surface area contributed by atoms with Crippen molar-refractivity contribution in [3.8, 4) is 5.75 Å². The highest BCUT2D eigenvalue weighted by Gasteiger charge is 2.17. The fourth-order valence-corrected chi connectivity index (χ4v) is 1.79. The molecule has 2 rings (SSSR count). The van der Waals surface area contributed by atoms with Gasteiger partial charge in [0.1, 0.15) is 6.33 Å². The van der Waals surface area contributed by atoms with E-state index in [0.29, 0.717) is 0 Å². The molecule has 0 bridgehead atoms. The Kier molecular flexibility index (Phi) is 3.01. The van der Waals surface area contributed by atoms with Gasteiger partial charge in [-0.25, -0.2) is 9.97 Å². The van der Waals surface area contributed by atoms with Gasteiger partial charge >= 0.3 is 0 Å². The summed E-state index contributed by atoms with van der Waals surface area (Å²) in [5.74, 6) is 1.70. The minimum absolute atomic E-state index is 0.791. The minimum Gasteiger partial charge on any atom is -0.491 e. The number of hydrogen-bond acceptors (Lipinski definition) is 5. The van der Waals surface area contributed by atoms with E-state index in [1.165, 1.54) is 0 Å². The van der Waals surface area contributed by atoms with E-state index in [0.717, 1.165) is 43.4 Å². The average Bonchev–Trinajstić information content (AvgIpc) is 2.30. The lowest BCUT2D eigenvalue weighted by Crippen LogP contribution is -2.44. The van der Waals surface area contributed by atoms with Crippen LogP contribution in [0.4, 0.5) is 5.82 Å². The predicted octanol–water partition coefficient (Wildman–Crippen LogP) is 0.203. The first-order chi connectivity index (χ1) is 7.33. The third-order valence-electron chi connectivity index (χ3n) is 2.58. The Bertz CT molecular complexity index is 336. The topological polar surface area (TPSA) is 50.3 Å². The Balaban J connectivity index is 2.29. The lowest BCUT2D eigenvalue weighted by atomic mass is 10.3. The summed E-state index contributed by atoms with van der Waals surface area (Å²) in [5.41, 5.74) is 0.890. The first-order valence-electron chi connectivity index (χ1n) is 5.14. The maximum Gasteiger partial charge on any atom is 0.182 e. The number of hydrogen-bond donors (Lipinski definition) is 1. The van der Waals surface area contributed by atoms with Crippen LogP contribution in [0.15, 0.2) is 6.33 Å². The predicted molar refractivity (Wildman–Crippen MR) is 58.4 cm³/mol. The van der Waals surface area contributed by atoms with E-state index in [-0.39, 0.29) is 0 Å². The number of methoxy groups -OCH3 is 1. The smallest absolute Gasteiger partial charge is 0.182 e. The second kappa shape index (κ2) is 4.44. The van der Waals surface area contributed by atoms with Crippen molar-refractivity contribution >= 4 is 5.82 Å². The minimum atomic E-state index is 0.791. The molecule has 5 nitrogen and oxygen atoms in total. The van der Waals surface area contributed by atoms with E-state index in [2.05, 4.69) is 20.2 Å². The molecule has 0 atom stereocenters. The number of aromatic nitrogens is 2. The molecule has 0 unspecified atom stereocenters. The van der Waals surface area contributed by atoms with Crippen LogP contribution < -0.4 is 15.0 Å². The number of ether oxygens (including phenoxy) is 1. The summed E-state index contributed by atoms with van der Waals surface area (Å²) >= 11 is 0. The van der Waals surface area contributed by atoms with Gasteiger partial charge in [0.2, 0.25) is 0 Å². The molecule has 1 aliphatic rings. The molecule has 0 aliphatic carbocycles. The molecule has 1 fully saturated rings. The maximum atomic E-state index is 5.34. The molecule has 0 radical (unpaired) electrons. The standard InChI is InChI=1S/C10H16N4O/c1-8-9(15-2)10(13-7-12-8)14-5-3-11-4-6-14/h7,11H,3-6H2,1-2H3. The molecule has 0 saturated carbocycles. The van der Waals surface area contributed by atoms with Crippen molar-refractivity contribution in [3.05, 3.63) is 12.0 Å². The number of nitrogens with zero attached hydrogens (tertiary/aromatic N) is 3. The molecule has 0 amide bonds. The molecule has 1 aromatic rings. The van der Waals surface area contributed by atoms with Crippen molar-refractivity contribution < 1.29 is 4.74 Å². The second-order valence-electron chi connectivity index (χ2n) is 3.55. The zero-order valence-corrected chi connectivity index (χ0v) is 9.16. The highest BCUT2D eigenvalue weighted by Crippen LogP contribution is 2.27. The molecule has 0 spiro atoms. The number of rotatable bonds is 2. The zero-order chi connectivity index (χ0) is 10.7. The normalized spacial score (nSPS) is 16.5. The SMILES string of the molecule is COc1c(C)ncnc1N1CCNCC1. The van der Waals surface area contributed by atoms with Gasteiger partial charge < -0.3 is 15.0 Å². The average molecular weight is 208 g/mol. The quantitative estimate of drug-likeness (QED) is 0.752. The van der Waals surface area contributed by atoms with Gasteiger partial charge in [-0.1, -0.05) is 0 Å². The van der Waals surface area contributed by atoms with E-state index in [9.17, 15) is 0 Å². The van der Waals surface area contributed by atoms with Crippen molar-refractivity contribution in [2.45, 2.75) is 6.92 Å². The molecular formula is C10H16N4O. The lowest BCUT2D eigenvalue weighted by Gasteiger charge is -2.29. The van der Waals surface area contributed by atoms with Gasteiger partial charge in [-0.2, -0.15) is 0 Å². The maximum absolute atomic E-state index is 5.34. The summed E-state index contributed by atoms with van der Waals surface area (Å²) in [4.78, 5) is 10.6. The van der Waals surface area contributed by atoms with Gasteiger partial charge in [-0.15, -0.1) is 0 Å². The molecule has 1 N–H and O–H groups in total. The highest BCUT2D eigenvalue weighted by atomic mass is 16.5. The summed E-state index contributed by atoms with van der Waals surface area (Å²) in [6.45, 7) is 5.85. The van der Waals surface area contributed by atoms with Crippen LogP contribution in [0.2, 0.25) is 0 Å². The summed E-state index contributed by atoms with van der Waals surface area (Å²) in [6.07, 6.45) is 1.59. The largest absolute Gasteiger partial charge is 0.491 e. The zero-order valence-electron chi connectivity index (χ0n) is 9.16. The molecule has 0 aromatic carbocycles. The van der Waals surface area contributed by atoms with Gasteiger partial charge in [-0.3, -0.25) is 0 Å². The van der Waals surface area contributed by atoms with E-state index in [1.54, 1.807) is 13.4 Å². The number of aryl methyl sites for hydroxylation is 1. The number of anilines is 1. The molecule has 1 saturated heterocycles. The van der Waals surface area contributed by atoms with Crippen LogP contribution in [-0.2, 0) is 0 Å². The Morgan fingerprint density at radius 3 is 2.73 bits per heavy atom. The highest BCUT2D eigenvalue weighted by molar-refractivity contribution is 5.54. The molecule has 5 heteroatoms. The Morgan fingerprint density at radius 1 is 1.33 bits per heavy atom. The van der Waals surface area contributed by atoms with Crippen molar-refractivity contribution in [3.63, 3.8) is 0 Å². The van der Waals surface area contributed by atoms with Crippen LogP contribution in [0, 0.1) is 6.92 Å². The second-order valence-corrected chi connectivity index (χ2v) is 3.55. The summed E-state index contributed by atoms with van der Waals surface area (Å²) in [5, 5.41) is 3.31. The first-order valence-corrected chi connectivity index (χ1v) is 5.14. The van der Waals surface area contributed by atoms with Crippen LogP contribution in [0.1, 0.15) is 5.69 Å². The van der Waals surface area contributed by atoms with Crippen molar-refractivity contribution in [2.24, 2.45) is 0 Å². The third kappa shape index (κ3) is 2.02. The monoisotopic (exact) mass is 208 g/mol. The lowest BCUT2D eigenvalue weighted by molar-refractivity contribution is 0.405. The van der Waals surface area contributed by atoms with Crippen LogP contribution >= 0.6 is 0 Å². The molecule has 15 heavy (non-hydrogen) atoms. The van der Waals surface area contributed by atoms with Gasteiger partial charge in [0.15, 0.2) is 11.6 Å². The fraction of sp³-hybridized carbons (Fsp3) is 0.600. The van der Waals surface area contributed by atoms with Gasteiger partial charge in [0.25, 0.3) is 0 Å². The first kappa shape index (κ1) is 10.2. The Morgan fingerprint density at radius 2 is 2.07 bits per heavy atom. The van der Waals surface area contributed by atoms with Gasteiger partial charge in [0, 0.05) is 26.2 Å². The molecule has 1 aromatic heterocycles. The van der Waals surface area contributed by atoms with E-state index >= 15 is 0 Å². The fourth-order valence-electron chi connectivity index (χ4n) is 1.79. The van der Waals surface area contributed by atoms with Gasteiger partial charge in [-0.05, 0) is 6.92 Å². The molecule has 82 valence electrons. The number of nitrogens with one attached hydrogen (secondary N) is 1. The van der Waals surface area contributed by atoms with E-state index in [1.807, 2.05) is 6.92 Å². The summed E-state index contributed by atoms with van der Waals surface area (Å²) in [7, 11) is 1.66. The summed E-state index contributed by atoms with van der Waals surface area (Å²) < 4.78 is 5.34.